The van der Waals surface area contributed by atoms with Crippen LogP contribution in [0.3, 0.4) is 0 Å². The summed E-state index contributed by atoms with van der Waals surface area (Å²) in [5, 5.41) is 18.5. The first-order chi connectivity index (χ1) is 14.0. The number of carbonyl (C=O) groups excluding carboxylic acids is 1. The Hall–Kier alpha value is -3.82. The molecule has 0 amide bonds. The van der Waals surface area contributed by atoms with Crippen molar-refractivity contribution in [3.8, 4) is 24.0 Å². The fraction of sp³-hybridized carbons (Fsp3) is 0.304. The van der Waals surface area contributed by atoms with Crippen LogP contribution >= 0.6 is 0 Å². The number of carbonyl (C=O) groups is 1. The lowest BCUT2D eigenvalue weighted by Crippen LogP contribution is -2.08. The smallest absolute Gasteiger partial charge is 0.343 e. The molecule has 1 aromatic carbocycles. The Bertz CT molecular complexity index is 1240. The van der Waals surface area contributed by atoms with Crippen molar-refractivity contribution in [3.63, 3.8) is 0 Å². The number of hydrogen-bond donors (Lipinski definition) is 0. The molecule has 142 valence electrons. The molecule has 3 unspecified atom stereocenters. The van der Waals surface area contributed by atoms with E-state index in [1.54, 1.807) is 31.2 Å². The predicted molar refractivity (Wildman–Crippen MR) is 104 cm³/mol. The minimum absolute atomic E-state index is 0.0211. The summed E-state index contributed by atoms with van der Waals surface area (Å²) in [6.45, 7) is 2.16. The maximum absolute atomic E-state index is 12.2. The SMILES string of the molecule is CCOC(=O)C1C2C#Cc3cc4oc(=O)c(C=C(C#N)C#N)cc4cc3CCC21. The van der Waals surface area contributed by atoms with Crippen LogP contribution in [0.25, 0.3) is 17.0 Å². The monoisotopic (exact) mass is 384 g/mol. The molecule has 6 nitrogen and oxygen atoms in total. The Morgan fingerprint density at radius 3 is 2.86 bits per heavy atom. The van der Waals surface area contributed by atoms with Crippen molar-refractivity contribution >= 4 is 23.0 Å². The summed E-state index contributed by atoms with van der Waals surface area (Å²) < 4.78 is 10.5. The van der Waals surface area contributed by atoms with Gasteiger partial charge in [-0.3, -0.25) is 4.79 Å². The van der Waals surface area contributed by atoms with E-state index in [1.165, 1.54) is 6.08 Å². The minimum Gasteiger partial charge on any atom is -0.466 e. The maximum atomic E-state index is 12.2. The van der Waals surface area contributed by atoms with E-state index in [0.717, 1.165) is 24.0 Å². The summed E-state index contributed by atoms with van der Waals surface area (Å²) in [6, 6.07) is 8.74. The molecule has 2 aliphatic rings. The summed E-state index contributed by atoms with van der Waals surface area (Å²) >= 11 is 0. The van der Waals surface area contributed by atoms with Crippen molar-refractivity contribution in [2.75, 3.05) is 6.61 Å². The third kappa shape index (κ3) is 3.40. The largest absolute Gasteiger partial charge is 0.466 e. The molecule has 0 aliphatic heterocycles. The van der Waals surface area contributed by atoms with Crippen LogP contribution in [0.4, 0.5) is 0 Å². The summed E-state index contributed by atoms with van der Waals surface area (Å²) in [6.07, 6.45) is 2.81. The van der Waals surface area contributed by atoms with E-state index in [0.29, 0.717) is 17.6 Å². The zero-order valence-electron chi connectivity index (χ0n) is 15.7. The van der Waals surface area contributed by atoms with E-state index in [-0.39, 0.29) is 34.9 Å². The average Bonchev–Trinajstić information content (AvgIpc) is 3.39. The van der Waals surface area contributed by atoms with Gasteiger partial charge in [0.2, 0.25) is 0 Å². The van der Waals surface area contributed by atoms with Gasteiger partial charge in [-0.05, 0) is 55.5 Å². The molecule has 29 heavy (non-hydrogen) atoms. The molecule has 3 atom stereocenters. The second-order valence-electron chi connectivity index (χ2n) is 7.09. The normalized spacial score (nSPS) is 21.0. The standard InChI is InChI=1S/C23H16N2O4/c1-2-28-23(27)21-18-5-3-14-8-16-9-17(7-13(11-24)12-25)22(26)29-20(16)10-15(14)4-6-19(18)21/h7-10,18-19,21H,2-3,5H2,1H3. The number of fused-ring (bicyclic) bond motifs is 3. The highest BCUT2D eigenvalue weighted by atomic mass is 16.5. The van der Waals surface area contributed by atoms with Crippen molar-refractivity contribution in [3.05, 3.63) is 50.9 Å². The fourth-order valence-corrected chi connectivity index (χ4v) is 3.87. The maximum Gasteiger partial charge on any atom is 0.343 e. The van der Waals surface area contributed by atoms with Gasteiger partial charge in [0.25, 0.3) is 0 Å². The van der Waals surface area contributed by atoms with Gasteiger partial charge in [-0.25, -0.2) is 4.79 Å². The van der Waals surface area contributed by atoms with E-state index in [4.69, 9.17) is 19.7 Å². The van der Waals surface area contributed by atoms with E-state index in [2.05, 4.69) is 11.8 Å². The summed E-state index contributed by atoms with van der Waals surface area (Å²) in [5.74, 6) is 6.23. The number of allylic oxidation sites excluding steroid dienone is 1. The van der Waals surface area contributed by atoms with Crippen molar-refractivity contribution in [1.29, 1.82) is 10.5 Å². The zero-order chi connectivity index (χ0) is 20.5. The number of rotatable bonds is 3. The number of ether oxygens (including phenoxy) is 1. The molecule has 1 aromatic heterocycles. The fourth-order valence-electron chi connectivity index (χ4n) is 3.87. The number of nitrogens with zero attached hydrogens (tertiary/aromatic N) is 2. The highest BCUT2D eigenvalue weighted by Crippen LogP contribution is 2.50. The van der Waals surface area contributed by atoms with E-state index in [9.17, 15) is 9.59 Å². The lowest BCUT2D eigenvalue weighted by Gasteiger charge is -2.09. The Morgan fingerprint density at radius 2 is 2.14 bits per heavy atom. The Kier molecular flexibility index (Phi) is 4.67. The molecule has 0 N–H and O–H groups in total. The first kappa shape index (κ1) is 18.5. The molecule has 0 bridgehead atoms. The molecular formula is C23H16N2O4. The molecule has 1 saturated carbocycles. The van der Waals surface area contributed by atoms with Crippen molar-refractivity contribution < 1.29 is 13.9 Å². The highest BCUT2D eigenvalue weighted by Gasteiger charge is 2.54. The molecule has 6 heteroatoms. The Labute approximate surface area is 167 Å². The molecular weight excluding hydrogens is 368 g/mol. The van der Waals surface area contributed by atoms with Crippen LogP contribution in [-0.4, -0.2) is 12.6 Å². The van der Waals surface area contributed by atoms with Crippen LogP contribution in [0.1, 0.15) is 30.0 Å². The van der Waals surface area contributed by atoms with E-state index < -0.39 is 5.63 Å². The van der Waals surface area contributed by atoms with Crippen LogP contribution in [-0.2, 0) is 16.0 Å². The number of esters is 1. The van der Waals surface area contributed by atoms with Crippen molar-refractivity contribution in [2.24, 2.45) is 17.8 Å². The molecule has 0 spiro atoms. The lowest BCUT2D eigenvalue weighted by atomic mass is 9.96. The van der Waals surface area contributed by atoms with Crippen LogP contribution in [0.2, 0.25) is 0 Å². The van der Waals surface area contributed by atoms with Crippen LogP contribution in [0.15, 0.2) is 33.0 Å². The van der Waals surface area contributed by atoms with Crippen LogP contribution < -0.4 is 5.63 Å². The first-order valence-electron chi connectivity index (χ1n) is 9.36. The third-order valence-corrected chi connectivity index (χ3v) is 5.37. The molecule has 0 saturated heterocycles. The zero-order valence-corrected chi connectivity index (χ0v) is 15.7. The van der Waals surface area contributed by atoms with Crippen LogP contribution in [0, 0.1) is 52.3 Å². The van der Waals surface area contributed by atoms with Gasteiger partial charge in [0.15, 0.2) is 0 Å². The van der Waals surface area contributed by atoms with E-state index >= 15 is 0 Å². The van der Waals surface area contributed by atoms with Gasteiger partial charge in [-0.15, -0.1) is 0 Å². The average molecular weight is 384 g/mol. The number of nitriles is 2. The highest BCUT2D eigenvalue weighted by molar-refractivity contribution is 5.82. The Balaban J connectivity index is 1.71. The van der Waals surface area contributed by atoms with Gasteiger partial charge in [0.1, 0.15) is 23.3 Å². The number of aryl methyl sites for hydroxylation is 1. The molecule has 1 fully saturated rings. The number of hydrogen-bond acceptors (Lipinski definition) is 6. The minimum atomic E-state index is -0.621. The second-order valence-corrected chi connectivity index (χ2v) is 7.09. The summed E-state index contributed by atoms with van der Waals surface area (Å²) in [4.78, 5) is 24.3. The summed E-state index contributed by atoms with van der Waals surface area (Å²) in [5.41, 5.74) is 1.55. The van der Waals surface area contributed by atoms with Gasteiger partial charge in [0.05, 0.1) is 18.1 Å². The summed E-state index contributed by atoms with van der Waals surface area (Å²) in [7, 11) is 0. The van der Waals surface area contributed by atoms with Gasteiger partial charge >= 0.3 is 11.6 Å². The third-order valence-electron chi connectivity index (χ3n) is 5.37. The van der Waals surface area contributed by atoms with Gasteiger partial charge in [-0.2, -0.15) is 10.5 Å². The van der Waals surface area contributed by atoms with E-state index in [1.807, 2.05) is 6.07 Å². The molecule has 2 aromatic rings. The lowest BCUT2D eigenvalue weighted by molar-refractivity contribution is -0.145. The predicted octanol–water partition coefficient (Wildman–Crippen LogP) is 2.95. The van der Waals surface area contributed by atoms with Gasteiger partial charge in [0, 0.05) is 16.9 Å². The second kappa shape index (κ2) is 7.30. The molecule has 1 heterocycles. The van der Waals surface area contributed by atoms with Gasteiger partial charge in [-0.1, -0.05) is 11.8 Å². The van der Waals surface area contributed by atoms with Gasteiger partial charge < -0.3 is 9.15 Å². The molecule has 2 aliphatic carbocycles. The molecule has 4 rings (SSSR count). The quantitative estimate of drug-likeness (QED) is 0.349. The topological polar surface area (TPSA) is 104 Å². The Morgan fingerprint density at radius 1 is 1.34 bits per heavy atom. The van der Waals surface area contributed by atoms with Crippen molar-refractivity contribution in [1.82, 2.24) is 0 Å². The van der Waals surface area contributed by atoms with Crippen LogP contribution in [0.5, 0.6) is 0 Å². The van der Waals surface area contributed by atoms with Crippen molar-refractivity contribution in [2.45, 2.75) is 19.8 Å². The first-order valence-corrected chi connectivity index (χ1v) is 9.36. The molecule has 0 radical (unpaired) electrons. The number of benzene rings is 1.